The number of allylic oxidation sites excluding steroid dienone is 2. The summed E-state index contributed by atoms with van der Waals surface area (Å²) in [6.45, 7) is 12.8. The molecule has 124 valence electrons. The van der Waals surface area contributed by atoms with Crippen molar-refractivity contribution >= 4 is 11.8 Å². The second-order valence-corrected chi connectivity index (χ2v) is 6.42. The fourth-order valence-electron chi connectivity index (χ4n) is 2.89. The van der Waals surface area contributed by atoms with E-state index < -0.39 is 0 Å². The maximum absolute atomic E-state index is 4.26. The van der Waals surface area contributed by atoms with Crippen LogP contribution in [0.25, 0.3) is 5.57 Å². The molecule has 2 aromatic rings. The maximum Gasteiger partial charge on any atom is 0.0284 e. The van der Waals surface area contributed by atoms with Crippen molar-refractivity contribution in [1.29, 1.82) is 0 Å². The number of benzene rings is 2. The van der Waals surface area contributed by atoms with E-state index in [1.807, 2.05) is 13.3 Å². The van der Waals surface area contributed by atoms with E-state index in [1.54, 1.807) is 0 Å². The van der Waals surface area contributed by atoms with Crippen molar-refractivity contribution in [2.45, 2.75) is 33.1 Å². The monoisotopic (exact) mass is 317 g/mol. The van der Waals surface area contributed by atoms with Crippen molar-refractivity contribution in [3.8, 4) is 0 Å². The first-order chi connectivity index (χ1) is 11.5. The second kappa shape index (κ2) is 8.44. The number of rotatable bonds is 7. The minimum atomic E-state index is 0.909. The summed E-state index contributed by atoms with van der Waals surface area (Å²) in [5.41, 5.74) is 8.72. The smallest absolute Gasteiger partial charge is 0.0284 e. The molecule has 1 heteroatoms. The molecule has 0 spiro atoms. The Morgan fingerprint density at radius 3 is 2.46 bits per heavy atom. The van der Waals surface area contributed by atoms with Crippen LogP contribution in [0.5, 0.6) is 0 Å². The Balaban J connectivity index is 1.95. The lowest BCUT2D eigenvalue weighted by molar-refractivity contribution is 0.942. The lowest BCUT2D eigenvalue weighted by Gasteiger charge is -2.11. The van der Waals surface area contributed by atoms with Gasteiger partial charge in [0.2, 0.25) is 0 Å². The number of hydrogen-bond acceptors (Lipinski definition) is 1. The average molecular weight is 317 g/mol. The molecule has 0 aliphatic carbocycles. The van der Waals surface area contributed by atoms with Crippen LogP contribution in [0.3, 0.4) is 0 Å². The third kappa shape index (κ3) is 4.79. The molecule has 0 aliphatic heterocycles. The molecular weight excluding hydrogens is 290 g/mol. The minimum Gasteiger partial charge on any atom is -0.296 e. The van der Waals surface area contributed by atoms with E-state index >= 15 is 0 Å². The summed E-state index contributed by atoms with van der Waals surface area (Å²) < 4.78 is 0. The van der Waals surface area contributed by atoms with Gasteiger partial charge in [-0.1, -0.05) is 55.1 Å². The lowest BCUT2D eigenvalue weighted by atomic mass is 9.94. The maximum atomic E-state index is 4.26. The van der Waals surface area contributed by atoms with Crippen LogP contribution in [0.15, 0.2) is 66.2 Å². The average Bonchev–Trinajstić information content (AvgIpc) is 2.56. The summed E-state index contributed by atoms with van der Waals surface area (Å²) in [6.07, 6.45) is 4.75. The minimum absolute atomic E-state index is 0.909. The highest BCUT2D eigenvalue weighted by atomic mass is 14.6. The van der Waals surface area contributed by atoms with Gasteiger partial charge in [-0.2, -0.15) is 0 Å². The molecular formula is C23H27N. The van der Waals surface area contributed by atoms with Gasteiger partial charge in [-0.05, 0) is 72.6 Å². The quantitative estimate of drug-likeness (QED) is 0.442. The Labute approximate surface area is 146 Å². The first-order valence-corrected chi connectivity index (χ1v) is 8.43. The van der Waals surface area contributed by atoms with Crippen LogP contribution in [0, 0.1) is 13.8 Å². The molecule has 0 saturated carbocycles. The normalized spacial score (nSPS) is 11.0. The Morgan fingerprint density at radius 1 is 1.00 bits per heavy atom. The van der Waals surface area contributed by atoms with Crippen molar-refractivity contribution < 1.29 is 0 Å². The fraction of sp³-hybridized carbons (Fsp3) is 0.261. The number of aliphatic imine (C=N–C) groups is 1. The van der Waals surface area contributed by atoms with Gasteiger partial charge in [0, 0.05) is 13.3 Å². The van der Waals surface area contributed by atoms with Gasteiger partial charge in [0.15, 0.2) is 0 Å². The van der Waals surface area contributed by atoms with E-state index in [4.69, 9.17) is 0 Å². The van der Waals surface area contributed by atoms with E-state index in [0.29, 0.717) is 0 Å². The van der Waals surface area contributed by atoms with Gasteiger partial charge < -0.3 is 0 Å². The van der Waals surface area contributed by atoms with Gasteiger partial charge in [0.05, 0.1) is 0 Å². The SMILES string of the molecule is C=C(CCC(=C)c1ccccc1C)Cc1ccc(C)c(C=NC)c1. The van der Waals surface area contributed by atoms with Crippen molar-refractivity contribution in [3.63, 3.8) is 0 Å². The predicted molar refractivity (Wildman–Crippen MR) is 107 cm³/mol. The summed E-state index contributed by atoms with van der Waals surface area (Å²) in [5, 5.41) is 0. The third-order valence-electron chi connectivity index (χ3n) is 4.37. The molecule has 1 nitrogen and oxygen atoms in total. The highest BCUT2D eigenvalue weighted by molar-refractivity contribution is 5.81. The lowest BCUT2D eigenvalue weighted by Crippen LogP contribution is -1.95. The molecule has 0 fully saturated rings. The Kier molecular flexibility index (Phi) is 6.31. The van der Waals surface area contributed by atoms with Crippen LogP contribution in [0.2, 0.25) is 0 Å². The van der Waals surface area contributed by atoms with E-state index in [2.05, 4.69) is 74.5 Å². The van der Waals surface area contributed by atoms with Crippen LogP contribution in [-0.2, 0) is 6.42 Å². The summed E-state index contributed by atoms with van der Waals surface area (Å²) in [7, 11) is 1.81. The van der Waals surface area contributed by atoms with Crippen LogP contribution in [0.1, 0.15) is 40.7 Å². The van der Waals surface area contributed by atoms with Gasteiger partial charge in [-0.3, -0.25) is 4.99 Å². The highest BCUT2D eigenvalue weighted by Gasteiger charge is 2.05. The summed E-state index contributed by atoms with van der Waals surface area (Å²) in [6, 6.07) is 15.0. The van der Waals surface area contributed by atoms with Gasteiger partial charge in [0.1, 0.15) is 0 Å². The Bertz CT molecular complexity index is 765. The second-order valence-electron chi connectivity index (χ2n) is 6.42. The highest BCUT2D eigenvalue weighted by Crippen LogP contribution is 2.24. The summed E-state index contributed by atoms with van der Waals surface area (Å²) >= 11 is 0. The summed E-state index contributed by atoms with van der Waals surface area (Å²) in [4.78, 5) is 4.13. The number of aryl methyl sites for hydroxylation is 2. The third-order valence-corrected chi connectivity index (χ3v) is 4.37. The molecule has 2 aromatic carbocycles. The van der Waals surface area contributed by atoms with Gasteiger partial charge >= 0.3 is 0 Å². The number of hydrogen-bond donors (Lipinski definition) is 0. The zero-order valence-corrected chi connectivity index (χ0v) is 15.1. The van der Waals surface area contributed by atoms with Crippen molar-refractivity contribution in [3.05, 3.63) is 89.0 Å². The molecule has 24 heavy (non-hydrogen) atoms. The van der Waals surface area contributed by atoms with Crippen LogP contribution < -0.4 is 0 Å². The molecule has 0 atom stereocenters. The molecule has 0 bridgehead atoms. The zero-order valence-electron chi connectivity index (χ0n) is 15.1. The van der Waals surface area contributed by atoms with Gasteiger partial charge in [0.25, 0.3) is 0 Å². The zero-order chi connectivity index (χ0) is 17.5. The van der Waals surface area contributed by atoms with Crippen molar-refractivity contribution in [2.24, 2.45) is 4.99 Å². The van der Waals surface area contributed by atoms with E-state index in [-0.39, 0.29) is 0 Å². The van der Waals surface area contributed by atoms with Crippen molar-refractivity contribution in [2.75, 3.05) is 7.05 Å². The molecule has 0 aliphatic rings. The fourth-order valence-corrected chi connectivity index (χ4v) is 2.89. The predicted octanol–water partition coefficient (Wildman–Crippen LogP) is 5.94. The number of nitrogens with zero attached hydrogens (tertiary/aromatic N) is 1. The largest absolute Gasteiger partial charge is 0.296 e. The first-order valence-electron chi connectivity index (χ1n) is 8.43. The molecule has 0 amide bonds. The Hall–Kier alpha value is -2.41. The van der Waals surface area contributed by atoms with Crippen molar-refractivity contribution in [1.82, 2.24) is 0 Å². The van der Waals surface area contributed by atoms with E-state index in [9.17, 15) is 0 Å². The standard InChI is InChI=1S/C23H27N/c1-17(10-11-20(4)23-9-7-6-8-19(23)3)14-21-13-12-18(2)22(15-21)16-24-5/h6-9,12-13,15-16H,1,4,10-11,14H2,2-3,5H3. The molecule has 2 rings (SSSR count). The summed E-state index contributed by atoms with van der Waals surface area (Å²) in [5.74, 6) is 0. The Morgan fingerprint density at radius 2 is 1.75 bits per heavy atom. The van der Waals surface area contributed by atoms with Gasteiger partial charge in [-0.25, -0.2) is 0 Å². The molecule has 0 N–H and O–H groups in total. The molecule has 0 unspecified atom stereocenters. The van der Waals surface area contributed by atoms with E-state index in [0.717, 1.165) is 19.3 Å². The topological polar surface area (TPSA) is 12.4 Å². The molecule has 0 saturated heterocycles. The van der Waals surface area contributed by atoms with Gasteiger partial charge in [-0.15, -0.1) is 0 Å². The molecule has 0 aromatic heterocycles. The van der Waals surface area contributed by atoms with Crippen LogP contribution >= 0.6 is 0 Å². The van der Waals surface area contributed by atoms with Crippen LogP contribution in [-0.4, -0.2) is 13.3 Å². The van der Waals surface area contributed by atoms with E-state index in [1.165, 1.54) is 39.0 Å². The molecule has 0 radical (unpaired) electrons. The van der Waals surface area contributed by atoms with Crippen LogP contribution in [0.4, 0.5) is 0 Å². The first kappa shape index (κ1) is 17.9. The molecule has 0 heterocycles.